The van der Waals surface area contributed by atoms with Crippen LogP contribution in [0, 0.1) is 5.82 Å². The Morgan fingerprint density at radius 3 is 2.95 bits per heavy atom. The number of halogens is 2. The summed E-state index contributed by atoms with van der Waals surface area (Å²) in [6, 6.07) is 5.30. The number of nitrogens with zero attached hydrogens (tertiary/aromatic N) is 4. The summed E-state index contributed by atoms with van der Waals surface area (Å²) in [6.45, 7) is 1.43. The molecular formula is C14H16BrFN4. The van der Waals surface area contributed by atoms with Crippen molar-refractivity contribution in [2.24, 2.45) is 0 Å². The van der Waals surface area contributed by atoms with Crippen molar-refractivity contribution >= 4 is 15.9 Å². The number of aromatic nitrogens is 3. The zero-order valence-corrected chi connectivity index (χ0v) is 12.8. The van der Waals surface area contributed by atoms with E-state index in [1.165, 1.54) is 18.9 Å². The second-order valence-corrected chi connectivity index (χ2v) is 6.16. The minimum atomic E-state index is -0.207. The zero-order chi connectivity index (χ0) is 14.1. The highest BCUT2D eigenvalue weighted by molar-refractivity contribution is 9.10. The van der Waals surface area contributed by atoms with Crippen LogP contribution < -0.4 is 0 Å². The van der Waals surface area contributed by atoms with E-state index in [1.54, 1.807) is 12.1 Å². The van der Waals surface area contributed by atoms with E-state index in [0.717, 1.165) is 22.3 Å². The van der Waals surface area contributed by atoms with Gasteiger partial charge in [0.25, 0.3) is 0 Å². The third-order valence-electron chi connectivity index (χ3n) is 3.42. The Balaban J connectivity index is 1.68. The van der Waals surface area contributed by atoms with Crippen LogP contribution in [-0.2, 0) is 13.1 Å². The van der Waals surface area contributed by atoms with Crippen molar-refractivity contribution in [3.8, 4) is 0 Å². The Bertz CT molecular complexity index is 609. The van der Waals surface area contributed by atoms with Crippen LogP contribution in [-0.4, -0.2) is 26.9 Å². The van der Waals surface area contributed by atoms with Gasteiger partial charge in [0.1, 0.15) is 5.82 Å². The molecule has 0 radical (unpaired) electrons. The summed E-state index contributed by atoms with van der Waals surface area (Å²) in [4.78, 5) is 2.14. The second kappa shape index (κ2) is 5.61. The van der Waals surface area contributed by atoms with Crippen molar-refractivity contribution in [1.29, 1.82) is 0 Å². The van der Waals surface area contributed by atoms with E-state index in [1.807, 2.05) is 17.9 Å². The van der Waals surface area contributed by atoms with Crippen molar-refractivity contribution in [3.05, 3.63) is 45.9 Å². The molecule has 0 atom stereocenters. The molecule has 1 heterocycles. The third-order valence-corrected chi connectivity index (χ3v) is 4.20. The van der Waals surface area contributed by atoms with Gasteiger partial charge in [-0.05, 0) is 43.7 Å². The molecule has 106 valence electrons. The van der Waals surface area contributed by atoms with Gasteiger partial charge in [0.2, 0.25) is 0 Å². The summed E-state index contributed by atoms with van der Waals surface area (Å²) in [5, 5.41) is 8.13. The molecule has 1 aromatic heterocycles. The van der Waals surface area contributed by atoms with E-state index in [2.05, 4.69) is 31.1 Å². The molecule has 1 aliphatic rings. The van der Waals surface area contributed by atoms with Gasteiger partial charge in [-0.3, -0.25) is 4.90 Å². The molecule has 4 nitrogen and oxygen atoms in total. The van der Waals surface area contributed by atoms with Crippen molar-refractivity contribution < 1.29 is 4.39 Å². The molecule has 1 aromatic carbocycles. The summed E-state index contributed by atoms with van der Waals surface area (Å²) in [5.74, 6) is -0.207. The Hall–Kier alpha value is -1.27. The SMILES string of the molecule is CN(Cc1cc(F)ccc1Br)Cc1cnnn1C1CC1. The first-order valence-electron chi connectivity index (χ1n) is 6.65. The summed E-state index contributed by atoms with van der Waals surface area (Å²) < 4.78 is 16.2. The van der Waals surface area contributed by atoms with Crippen LogP contribution in [0.15, 0.2) is 28.9 Å². The summed E-state index contributed by atoms with van der Waals surface area (Å²) >= 11 is 3.46. The normalized spacial score (nSPS) is 15.0. The number of hydrogen-bond acceptors (Lipinski definition) is 3. The summed E-state index contributed by atoms with van der Waals surface area (Å²) in [5.41, 5.74) is 2.06. The van der Waals surface area contributed by atoms with Gasteiger partial charge in [0, 0.05) is 17.6 Å². The molecule has 0 amide bonds. The fraction of sp³-hybridized carbons (Fsp3) is 0.429. The van der Waals surface area contributed by atoms with Crippen molar-refractivity contribution in [2.45, 2.75) is 32.0 Å². The fourth-order valence-corrected chi connectivity index (χ4v) is 2.66. The molecular weight excluding hydrogens is 323 g/mol. The number of hydrogen-bond donors (Lipinski definition) is 0. The van der Waals surface area contributed by atoms with Gasteiger partial charge in [-0.1, -0.05) is 21.1 Å². The Morgan fingerprint density at radius 1 is 1.40 bits per heavy atom. The minimum Gasteiger partial charge on any atom is -0.296 e. The minimum absolute atomic E-state index is 0.207. The van der Waals surface area contributed by atoms with Crippen LogP contribution in [0.5, 0.6) is 0 Å². The predicted octanol–water partition coefficient (Wildman–Crippen LogP) is 3.15. The van der Waals surface area contributed by atoms with Gasteiger partial charge < -0.3 is 0 Å². The molecule has 0 aliphatic heterocycles. The first-order chi connectivity index (χ1) is 9.63. The first-order valence-corrected chi connectivity index (χ1v) is 7.44. The molecule has 0 unspecified atom stereocenters. The predicted molar refractivity (Wildman–Crippen MR) is 77.6 cm³/mol. The van der Waals surface area contributed by atoms with Gasteiger partial charge >= 0.3 is 0 Å². The van der Waals surface area contributed by atoms with Crippen LogP contribution in [0.4, 0.5) is 4.39 Å². The molecule has 6 heteroatoms. The Morgan fingerprint density at radius 2 is 2.20 bits per heavy atom. The molecule has 0 spiro atoms. The standard InChI is InChI=1S/C14H16BrFN4/c1-19(8-10-6-11(16)2-5-14(10)15)9-13-7-17-18-20(13)12-3-4-12/h2,5-7,12H,3-4,8-9H2,1H3. The van der Waals surface area contributed by atoms with E-state index in [9.17, 15) is 4.39 Å². The zero-order valence-electron chi connectivity index (χ0n) is 11.3. The monoisotopic (exact) mass is 338 g/mol. The summed E-state index contributed by atoms with van der Waals surface area (Å²) in [6.07, 6.45) is 4.19. The molecule has 1 aliphatic carbocycles. The molecule has 3 rings (SSSR count). The van der Waals surface area contributed by atoms with E-state index in [4.69, 9.17) is 0 Å². The Labute approximate surface area is 125 Å². The van der Waals surface area contributed by atoms with Gasteiger partial charge in [-0.25, -0.2) is 9.07 Å². The van der Waals surface area contributed by atoms with Gasteiger partial charge in [0.05, 0.1) is 17.9 Å². The van der Waals surface area contributed by atoms with Crippen LogP contribution in [0.1, 0.15) is 30.1 Å². The molecule has 0 bridgehead atoms. The van der Waals surface area contributed by atoms with Crippen LogP contribution >= 0.6 is 15.9 Å². The van der Waals surface area contributed by atoms with E-state index in [-0.39, 0.29) is 5.82 Å². The fourth-order valence-electron chi connectivity index (χ4n) is 2.29. The molecule has 1 saturated carbocycles. The maximum atomic E-state index is 13.3. The second-order valence-electron chi connectivity index (χ2n) is 5.31. The van der Waals surface area contributed by atoms with E-state index in [0.29, 0.717) is 12.6 Å². The molecule has 1 fully saturated rings. The lowest BCUT2D eigenvalue weighted by atomic mass is 10.2. The average Bonchev–Trinajstić information content (AvgIpc) is 3.15. The highest BCUT2D eigenvalue weighted by Gasteiger charge is 2.27. The summed E-state index contributed by atoms with van der Waals surface area (Å²) in [7, 11) is 2.02. The highest BCUT2D eigenvalue weighted by atomic mass is 79.9. The lowest BCUT2D eigenvalue weighted by Crippen LogP contribution is -2.20. The Kier molecular flexibility index (Phi) is 3.85. The number of rotatable bonds is 5. The van der Waals surface area contributed by atoms with Crippen molar-refractivity contribution in [1.82, 2.24) is 19.9 Å². The van der Waals surface area contributed by atoms with E-state index < -0.39 is 0 Å². The van der Waals surface area contributed by atoms with Crippen molar-refractivity contribution in [2.75, 3.05) is 7.05 Å². The van der Waals surface area contributed by atoms with Gasteiger partial charge in [0.15, 0.2) is 0 Å². The van der Waals surface area contributed by atoms with Gasteiger partial charge in [-0.15, -0.1) is 5.10 Å². The largest absolute Gasteiger partial charge is 0.296 e. The molecule has 0 N–H and O–H groups in total. The third kappa shape index (κ3) is 3.07. The van der Waals surface area contributed by atoms with Crippen LogP contribution in [0.3, 0.4) is 0 Å². The highest BCUT2D eigenvalue weighted by Crippen LogP contribution is 2.35. The topological polar surface area (TPSA) is 34.0 Å². The van der Waals surface area contributed by atoms with Crippen molar-refractivity contribution in [3.63, 3.8) is 0 Å². The van der Waals surface area contributed by atoms with Crippen LogP contribution in [0.25, 0.3) is 0 Å². The lowest BCUT2D eigenvalue weighted by molar-refractivity contribution is 0.305. The maximum Gasteiger partial charge on any atom is 0.123 e. The van der Waals surface area contributed by atoms with Gasteiger partial charge in [-0.2, -0.15) is 0 Å². The lowest BCUT2D eigenvalue weighted by Gasteiger charge is -2.18. The molecule has 2 aromatic rings. The smallest absolute Gasteiger partial charge is 0.123 e. The average molecular weight is 339 g/mol. The molecule has 20 heavy (non-hydrogen) atoms. The molecule has 0 saturated heterocycles. The number of benzene rings is 1. The van der Waals surface area contributed by atoms with Crippen LogP contribution in [0.2, 0.25) is 0 Å². The maximum absolute atomic E-state index is 13.3. The first kappa shape index (κ1) is 13.7. The quantitative estimate of drug-likeness (QED) is 0.839. The van der Waals surface area contributed by atoms with E-state index >= 15 is 0 Å².